The zero-order chi connectivity index (χ0) is 14.6. The molecule has 1 aromatic carbocycles. The van der Waals surface area contributed by atoms with Crippen molar-refractivity contribution >= 4 is 21.6 Å². The number of halogens is 1. The molecule has 0 atom stereocenters. The highest BCUT2D eigenvalue weighted by atomic mass is 35.5. The fraction of sp³-hybridized carbons (Fsp3) is 0.231. The fourth-order valence-electron chi connectivity index (χ4n) is 1.63. The summed E-state index contributed by atoms with van der Waals surface area (Å²) in [5.41, 5.74) is 0. The Morgan fingerprint density at radius 2 is 2.15 bits per heavy atom. The van der Waals surface area contributed by atoms with E-state index in [2.05, 4.69) is 4.72 Å². The van der Waals surface area contributed by atoms with E-state index in [-0.39, 0.29) is 17.2 Å². The van der Waals surface area contributed by atoms with E-state index in [4.69, 9.17) is 20.8 Å². The van der Waals surface area contributed by atoms with Gasteiger partial charge in [-0.3, -0.25) is 0 Å². The third kappa shape index (κ3) is 3.53. The molecule has 0 aliphatic carbocycles. The average molecular weight is 316 g/mol. The van der Waals surface area contributed by atoms with Crippen LogP contribution in [0.25, 0.3) is 0 Å². The molecule has 5 nitrogen and oxygen atoms in total. The molecule has 7 heteroatoms. The SMILES string of the molecule is CCOc1cc(Cl)ccc1S(=O)(=O)NCc1ccco1. The van der Waals surface area contributed by atoms with E-state index in [0.29, 0.717) is 17.4 Å². The lowest BCUT2D eigenvalue weighted by atomic mass is 10.3. The summed E-state index contributed by atoms with van der Waals surface area (Å²) in [4.78, 5) is 0.0512. The molecule has 0 radical (unpaired) electrons. The largest absolute Gasteiger partial charge is 0.492 e. The van der Waals surface area contributed by atoms with Crippen molar-refractivity contribution < 1.29 is 17.6 Å². The molecular weight excluding hydrogens is 302 g/mol. The number of furan rings is 1. The van der Waals surface area contributed by atoms with Gasteiger partial charge in [0.15, 0.2) is 0 Å². The van der Waals surface area contributed by atoms with E-state index in [1.165, 1.54) is 24.5 Å². The molecule has 1 heterocycles. The standard InChI is InChI=1S/C13H14ClNO4S/c1-2-18-12-8-10(14)5-6-13(12)20(16,17)15-9-11-4-3-7-19-11/h3-8,15H,2,9H2,1H3. The normalized spacial score (nSPS) is 11.5. The lowest BCUT2D eigenvalue weighted by molar-refractivity contribution is 0.331. The predicted molar refractivity (Wildman–Crippen MR) is 75.4 cm³/mol. The van der Waals surface area contributed by atoms with Crippen LogP contribution in [0.15, 0.2) is 45.9 Å². The summed E-state index contributed by atoms with van der Waals surface area (Å²) in [6.07, 6.45) is 1.48. The first-order valence-corrected chi connectivity index (χ1v) is 7.83. The van der Waals surface area contributed by atoms with Gasteiger partial charge in [-0.25, -0.2) is 13.1 Å². The molecule has 0 saturated heterocycles. The van der Waals surface area contributed by atoms with Gasteiger partial charge in [0, 0.05) is 11.1 Å². The van der Waals surface area contributed by atoms with E-state index < -0.39 is 10.0 Å². The summed E-state index contributed by atoms with van der Waals surface area (Å²) in [7, 11) is -3.70. The van der Waals surface area contributed by atoms with Crippen molar-refractivity contribution in [1.29, 1.82) is 0 Å². The second-order valence-electron chi connectivity index (χ2n) is 3.93. The Morgan fingerprint density at radius 1 is 1.35 bits per heavy atom. The first-order valence-electron chi connectivity index (χ1n) is 5.97. The minimum absolute atomic E-state index is 0.0512. The molecule has 0 saturated carbocycles. The Morgan fingerprint density at radius 3 is 2.80 bits per heavy atom. The molecule has 108 valence electrons. The quantitative estimate of drug-likeness (QED) is 0.890. The van der Waals surface area contributed by atoms with Crippen molar-refractivity contribution in [3.63, 3.8) is 0 Å². The van der Waals surface area contributed by atoms with Crippen LogP contribution >= 0.6 is 11.6 Å². The van der Waals surface area contributed by atoms with Gasteiger partial charge in [0.2, 0.25) is 10.0 Å². The van der Waals surface area contributed by atoms with E-state index >= 15 is 0 Å². The molecule has 2 aromatic rings. The third-order valence-electron chi connectivity index (χ3n) is 2.51. The van der Waals surface area contributed by atoms with Gasteiger partial charge in [0.05, 0.1) is 19.4 Å². The van der Waals surface area contributed by atoms with Crippen LogP contribution in [0.1, 0.15) is 12.7 Å². The van der Waals surface area contributed by atoms with Crippen LogP contribution in [0.4, 0.5) is 0 Å². The van der Waals surface area contributed by atoms with E-state index in [0.717, 1.165) is 0 Å². The zero-order valence-electron chi connectivity index (χ0n) is 10.8. The van der Waals surface area contributed by atoms with Crippen LogP contribution in [-0.4, -0.2) is 15.0 Å². The van der Waals surface area contributed by atoms with Gasteiger partial charge in [0.1, 0.15) is 16.4 Å². The molecule has 0 amide bonds. The second kappa shape index (κ2) is 6.30. The average Bonchev–Trinajstić information content (AvgIpc) is 2.90. The Bertz CT molecular complexity index is 668. The molecular formula is C13H14ClNO4S. The number of ether oxygens (including phenoxy) is 1. The van der Waals surface area contributed by atoms with Crippen molar-refractivity contribution in [2.24, 2.45) is 0 Å². The van der Waals surface area contributed by atoms with E-state index in [9.17, 15) is 8.42 Å². The Balaban J connectivity index is 2.24. The highest BCUT2D eigenvalue weighted by Gasteiger charge is 2.20. The second-order valence-corrected chi connectivity index (χ2v) is 6.10. The minimum atomic E-state index is -3.70. The monoisotopic (exact) mass is 315 g/mol. The predicted octanol–water partition coefficient (Wildman–Crippen LogP) is 2.81. The molecule has 0 aliphatic rings. The lowest BCUT2D eigenvalue weighted by Crippen LogP contribution is -2.23. The summed E-state index contributed by atoms with van der Waals surface area (Å²) < 4.78 is 37.4. The Labute approximate surface area is 122 Å². The van der Waals surface area contributed by atoms with Crippen molar-refractivity contribution in [2.45, 2.75) is 18.4 Å². The number of hydrogen-bond donors (Lipinski definition) is 1. The van der Waals surface area contributed by atoms with Crippen molar-refractivity contribution in [2.75, 3.05) is 6.61 Å². The molecule has 1 aromatic heterocycles. The Kier molecular flexibility index (Phi) is 4.69. The van der Waals surface area contributed by atoms with Crippen LogP contribution in [0.5, 0.6) is 5.75 Å². The van der Waals surface area contributed by atoms with Crippen LogP contribution in [0.3, 0.4) is 0 Å². The summed E-state index contributed by atoms with van der Waals surface area (Å²) in [6.45, 7) is 2.19. The lowest BCUT2D eigenvalue weighted by Gasteiger charge is -2.11. The molecule has 0 fully saturated rings. The maximum absolute atomic E-state index is 12.3. The van der Waals surface area contributed by atoms with Crippen LogP contribution in [0.2, 0.25) is 5.02 Å². The topological polar surface area (TPSA) is 68.5 Å². The number of benzene rings is 1. The summed E-state index contributed by atoms with van der Waals surface area (Å²) >= 11 is 5.85. The van der Waals surface area contributed by atoms with Crippen LogP contribution in [-0.2, 0) is 16.6 Å². The molecule has 0 unspecified atom stereocenters. The molecule has 0 spiro atoms. The van der Waals surface area contributed by atoms with Gasteiger partial charge in [-0.05, 0) is 31.2 Å². The van der Waals surface area contributed by atoms with Gasteiger partial charge in [0.25, 0.3) is 0 Å². The molecule has 0 aliphatic heterocycles. The number of rotatable bonds is 6. The molecule has 2 rings (SSSR count). The van der Waals surface area contributed by atoms with Gasteiger partial charge < -0.3 is 9.15 Å². The maximum atomic E-state index is 12.3. The zero-order valence-corrected chi connectivity index (χ0v) is 12.4. The summed E-state index contributed by atoms with van der Waals surface area (Å²) in [5, 5.41) is 0.415. The van der Waals surface area contributed by atoms with Gasteiger partial charge in [-0.2, -0.15) is 0 Å². The van der Waals surface area contributed by atoms with Gasteiger partial charge in [-0.1, -0.05) is 11.6 Å². The molecule has 1 N–H and O–H groups in total. The number of hydrogen-bond acceptors (Lipinski definition) is 4. The fourth-order valence-corrected chi connectivity index (χ4v) is 2.91. The van der Waals surface area contributed by atoms with E-state index in [1.807, 2.05) is 0 Å². The van der Waals surface area contributed by atoms with Crippen LogP contribution in [0, 0.1) is 0 Å². The van der Waals surface area contributed by atoms with Crippen molar-refractivity contribution in [3.05, 3.63) is 47.4 Å². The van der Waals surface area contributed by atoms with Gasteiger partial charge >= 0.3 is 0 Å². The summed E-state index contributed by atoms with van der Waals surface area (Å²) in [5.74, 6) is 0.757. The third-order valence-corrected chi connectivity index (χ3v) is 4.19. The Hall–Kier alpha value is -1.50. The number of nitrogens with one attached hydrogen (secondary N) is 1. The molecule has 0 bridgehead atoms. The highest BCUT2D eigenvalue weighted by Crippen LogP contribution is 2.27. The van der Waals surface area contributed by atoms with Crippen molar-refractivity contribution in [1.82, 2.24) is 4.72 Å². The van der Waals surface area contributed by atoms with Gasteiger partial charge in [-0.15, -0.1) is 0 Å². The van der Waals surface area contributed by atoms with Crippen LogP contribution < -0.4 is 9.46 Å². The highest BCUT2D eigenvalue weighted by molar-refractivity contribution is 7.89. The maximum Gasteiger partial charge on any atom is 0.244 e. The minimum Gasteiger partial charge on any atom is -0.492 e. The smallest absolute Gasteiger partial charge is 0.244 e. The van der Waals surface area contributed by atoms with E-state index in [1.54, 1.807) is 19.1 Å². The summed E-state index contributed by atoms with van der Waals surface area (Å²) in [6, 6.07) is 7.78. The number of sulfonamides is 1. The first-order chi connectivity index (χ1) is 9.53. The molecule has 20 heavy (non-hydrogen) atoms. The first kappa shape index (κ1) is 14.9. The van der Waals surface area contributed by atoms with Crippen molar-refractivity contribution in [3.8, 4) is 5.75 Å².